The summed E-state index contributed by atoms with van der Waals surface area (Å²) in [5, 5.41) is 3.08. The lowest BCUT2D eigenvalue weighted by molar-refractivity contribution is -0.117. The molecule has 26 heavy (non-hydrogen) atoms. The van der Waals surface area contributed by atoms with E-state index in [2.05, 4.69) is 35.5 Å². The first-order valence-electron chi connectivity index (χ1n) is 9.21. The van der Waals surface area contributed by atoms with Gasteiger partial charge in [-0.1, -0.05) is 37.8 Å². The van der Waals surface area contributed by atoms with E-state index in [0.29, 0.717) is 12.1 Å². The molecule has 1 aromatic rings. The Morgan fingerprint density at radius 3 is 2.46 bits per heavy atom. The number of benzene rings is 1. The number of piperidine rings is 1. The van der Waals surface area contributed by atoms with E-state index in [-0.39, 0.29) is 11.9 Å². The fourth-order valence-electron chi connectivity index (χ4n) is 3.33. The molecule has 1 aliphatic rings. The predicted octanol–water partition coefficient (Wildman–Crippen LogP) is 4.03. The summed E-state index contributed by atoms with van der Waals surface area (Å²) in [4.78, 5) is 15.0. The molecule has 0 aromatic heterocycles. The third kappa shape index (κ3) is 5.33. The van der Waals surface area contributed by atoms with Gasteiger partial charge in [0.05, 0.1) is 13.2 Å². The Balaban J connectivity index is 2.15. The van der Waals surface area contributed by atoms with E-state index in [4.69, 9.17) is 4.74 Å². The van der Waals surface area contributed by atoms with Crippen LogP contribution in [-0.2, 0) is 4.79 Å². The molecule has 1 heterocycles. The van der Waals surface area contributed by atoms with E-state index in [1.165, 1.54) is 24.8 Å². The molecule has 1 amide bonds. The number of amides is 1. The van der Waals surface area contributed by atoms with E-state index in [1.54, 1.807) is 19.3 Å². The summed E-state index contributed by atoms with van der Waals surface area (Å²) in [6.45, 7) is 12.1. The number of hydrogen-bond donors (Lipinski definition) is 1. The predicted molar refractivity (Wildman–Crippen MR) is 107 cm³/mol. The molecule has 4 nitrogen and oxygen atoms in total. The molecule has 0 aliphatic carbocycles. The van der Waals surface area contributed by atoms with Gasteiger partial charge in [0.25, 0.3) is 5.91 Å². The highest BCUT2D eigenvalue weighted by Crippen LogP contribution is 2.26. The van der Waals surface area contributed by atoms with E-state index in [0.717, 1.165) is 24.4 Å². The van der Waals surface area contributed by atoms with Crippen LogP contribution in [0, 0.1) is 0 Å². The van der Waals surface area contributed by atoms with Crippen LogP contribution in [0.4, 0.5) is 0 Å². The molecule has 0 radical (unpaired) electrons. The number of allylic oxidation sites excluding steroid dienone is 2. The Labute approximate surface area is 157 Å². The topological polar surface area (TPSA) is 41.6 Å². The number of carbonyl (C=O) groups is 1. The van der Waals surface area contributed by atoms with E-state index >= 15 is 0 Å². The fourth-order valence-corrected chi connectivity index (χ4v) is 3.33. The van der Waals surface area contributed by atoms with Crippen LogP contribution in [0.25, 0.3) is 0 Å². The Morgan fingerprint density at radius 1 is 1.27 bits per heavy atom. The maximum absolute atomic E-state index is 12.6. The van der Waals surface area contributed by atoms with Crippen LogP contribution in [-0.4, -0.2) is 37.6 Å². The standard InChI is InChI=1S/C22H30N2O2/c1-5-9-20(17(2)3)22(25)23-16-21(24-14-7-6-8-15-24)18-10-12-19(26-4)13-11-18/h5,9-13,21H,1-2,6-8,14-16H2,3-4H3,(H,23,25)/b20-9+. The van der Waals surface area contributed by atoms with Gasteiger partial charge < -0.3 is 10.1 Å². The van der Waals surface area contributed by atoms with Crippen molar-refractivity contribution in [3.8, 4) is 5.75 Å². The highest BCUT2D eigenvalue weighted by molar-refractivity contribution is 5.97. The van der Waals surface area contributed by atoms with Gasteiger partial charge >= 0.3 is 0 Å². The number of nitrogens with zero attached hydrogens (tertiary/aromatic N) is 1. The average Bonchev–Trinajstić information content (AvgIpc) is 2.67. The van der Waals surface area contributed by atoms with E-state index < -0.39 is 0 Å². The monoisotopic (exact) mass is 354 g/mol. The van der Waals surface area contributed by atoms with Crippen LogP contribution < -0.4 is 10.1 Å². The van der Waals surface area contributed by atoms with Crippen molar-refractivity contribution in [3.63, 3.8) is 0 Å². The van der Waals surface area contributed by atoms with Crippen LogP contribution in [0.3, 0.4) is 0 Å². The minimum atomic E-state index is -0.104. The van der Waals surface area contributed by atoms with Crippen LogP contribution >= 0.6 is 0 Å². The number of rotatable bonds is 8. The zero-order valence-corrected chi connectivity index (χ0v) is 16.0. The van der Waals surface area contributed by atoms with Gasteiger partial charge in [-0.2, -0.15) is 0 Å². The minimum absolute atomic E-state index is 0.104. The summed E-state index contributed by atoms with van der Waals surface area (Å²) in [6, 6.07) is 8.28. The molecule has 1 N–H and O–H groups in total. The third-order valence-electron chi connectivity index (χ3n) is 4.78. The minimum Gasteiger partial charge on any atom is -0.497 e. The van der Waals surface area contributed by atoms with Gasteiger partial charge in [0, 0.05) is 12.1 Å². The maximum Gasteiger partial charge on any atom is 0.251 e. The van der Waals surface area contributed by atoms with E-state index in [1.807, 2.05) is 19.1 Å². The first kappa shape index (κ1) is 20.0. The Kier molecular flexibility index (Phi) is 7.67. The van der Waals surface area contributed by atoms with Crippen LogP contribution in [0.1, 0.15) is 37.8 Å². The van der Waals surface area contributed by atoms with Gasteiger partial charge in [0.15, 0.2) is 0 Å². The van der Waals surface area contributed by atoms with Gasteiger partial charge in [-0.15, -0.1) is 0 Å². The molecule has 1 aromatic carbocycles. The molecular formula is C22H30N2O2. The van der Waals surface area contributed by atoms with E-state index in [9.17, 15) is 4.79 Å². The smallest absolute Gasteiger partial charge is 0.251 e. The molecule has 1 unspecified atom stereocenters. The molecule has 0 saturated carbocycles. The number of nitrogens with one attached hydrogen (secondary N) is 1. The third-order valence-corrected chi connectivity index (χ3v) is 4.78. The molecule has 140 valence electrons. The summed E-state index contributed by atoms with van der Waals surface area (Å²) in [7, 11) is 1.67. The van der Waals surface area contributed by atoms with Crippen molar-refractivity contribution in [2.24, 2.45) is 0 Å². The molecule has 4 heteroatoms. The molecule has 1 fully saturated rings. The van der Waals surface area contributed by atoms with Crippen LogP contribution in [0.2, 0.25) is 0 Å². The van der Waals surface area contributed by atoms with Gasteiger partial charge in [-0.25, -0.2) is 0 Å². The highest BCUT2D eigenvalue weighted by atomic mass is 16.5. The SMILES string of the molecule is C=C/C=C(\C(=C)C)C(=O)NCC(c1ccc(OC)cc1)N1CCCCC1. The lowest BCUT2D eigenvalue weighted by Crippen LogP contribution is -2.41. The normalized spacial score (nSPS) is 16.6. The lowest BCUT2D eigenvalue weighted by Gasteiger charge is -2.35. The molecule has 1 atom stereocenters. The zero-order chi connectivity index (χ0) is 18.9. The Hall–Kier alpha value is -2.33. The van der Waals surface area contributed by atoms with Gasteiger partial charge in [-0.3, -0.25) is 9.69 Å². The second kappa shape index (κ2) is 9.97. The largest absolute Gasteiger partial charge is 0.497 e. The van der Waals surface area contributed by atoms with Crippen LogP contribution in [0.15, 0.2) is 60.7 Å². The van der Waals surface area contributed by atoms with Crippen molar-refractivity contribution in [2.45, 2.75) is 32.2 Å². The van der Waals surface area contributed by atoms with Gasteiger partial charge in [-0.05, 0) is 62.2 Å². The van der Waals surface area contributed by atoms with Crippen molar-refractivity contribution in [2.75, 3.05) is 26.7 Å². The molecule has 1 saturated heterocycles. The summed E-state index contributed by atoms with van der Waals surface area (Å²) in [6.07, 6.45) is 7.01. The molecule has 0 bridgehead atoms. The maximum atomic E-state index is 12.6. The number of hydrogen-bond acceptors (Lipinski definition) is 3. The molecule has 2 rings (SSSR count). The zero-order valence-electron chi connectivity index (χ0n) is 16.0. The molecule has 0 spiro atoms. The average molecular weight is 354 g/mol. The lowest BCUT2D eigenvalue weighted by atomic mass is 10.0. The first-order valence-corrected chi connectivity index (χ1v) is 9.21. The Bertz CT molecular complexity index is 655. The van der Waals surface area contributed by atoms with Crippen molar-refractivity contribution in [1.82, 2.24) is 10.2 Å². The second-order valence-corrected chi connectivity index (χ2v) is 6.69. The number of methoxy groups -OCH3 is 1. The van der Waals surface area contributed by atoms with Crippen molar-refractivity contribution in [1.29, 1.82) is 0 Å². The molecule has 1 aliphatic heterocycles. The van der Waals surface area contributed by atoms with Crippen molar-refractivity contribution in [3.05, 3.63) is 66.3 Å². The van der Waals surface area contributed by atoms with Crippen molar-refractivity contribution < 1.29 is 9.53 Å². The number of ether oxygens (including phenoxy) is 1. The fraction of sp³-hybridized carbons (Fsp3) is 0.409. The Morgan fingerprint density at radius 2 is 1.92 bits per heavy atom. The van der Waals surface area contributed by atoms with Crippen LogP contribution in [0.5, 0.6) is 5.75 Å². The number of carbonyl (C=O) groups excluding carboxylic acids is 1. The molecular weight excluding hydrogens is 324 g/mol. The summed E-state index contributed by atoms with van der Waals surface area (Å²) in [5.41, 5.74) is 2.51. The summed E-state index contributed by atoms with van der Waals surface area (Å²) >= 11 is 0. The van der Waals surface area contributed by atoms with Gasteiger partial charge in [0.2, 0.25) is 0 Å². The number of likely N-dealkylation sites (tertiary alicyclic amines) is 1. The summed E-state index contributed by atoms with van der Waals surface area (Å²) < 4.78 is 5.27. The summed E-state index contributed by atoms with van der Waals surface area (Å²) in [5.74, 6) is 0.738. The van der Waals surface area contributed by atoms with Crippen molar-refractivity contribution >= 4 is 5.91 Å². The highest BCUT2D eigenvalue weighted by Gasteiger charge is 2.23. The second-order valence-electron chi connectivity index (χ2n) is 6.69. The van der Waals surface area contributed by atoms with Gasteiger partial charge in [0.1, 0.15) is 5.75 Å². The first-order chi connectivity index (χ1) is 12.6. The quantitative estimate of drug-likeness (QED) is 0.566.